The number of carbonyl (C=O) groups excluding carboxylic acids is 2. The fourth-order valence-electron chi connectivity index (χ4n) is 2.98. The number of amides is 2. The van der Waals surface area contributed by atoms with E-state index in [2.05, 4.69) is 21.1 Å². The fraction of sp³-hybridized carbons (Fsp3) is 0. The molecule has 0 saturated heterocycles. The molecule has 0 atom stereocenters. The summed E-state index contributed by atoms with van der Waals surface area (Å²) in [6.45, 7) is 0. The Kier molecular flexibility index (Phi) is 13.7. The van der Waals surface area contributed by atoms with Crippen LogP contribution >= 0.6 is 46.4 Å². The summed E-state index contributed by atoms with van der Waals surface area (Å²) < 4.78 is 0. The molecule has 0 heterocycles. The van der Waals surface area contributed by atoms with Crippen LogP contribution in [0.15, 0.2) is 95.1 Å². The zero-order valence-electron chi connectivity index (χ0n) is 20.7. The van der Waals surface area contributed by atoms with Crippen LogP contribution in [0.25, 0.3) is 0 Å². The van der Waals surface area contributed by atoms with Crippen molar-refractivity contribution in [3.63, 3.8) is 0 Å². The molecule has 4 aromatic rings. The first kappa shape index (κ1) is 33.6. The molecule has 41 heavy (non-hydrogen) atoms. The number of nitrogens with zero attached hydrogens (tertiary/aromatic N) is 2. The van der Waals surface area contributed by atoms with Crippen LogP contribution in [-0.2, 0) is 17.1 Å². The maximum absolute atomic E-state index is 11.7. The van der Waals surface area contributed by atoms with E-state index in [9.17, 15) is 19.8 Å². The van der Waals surface area contributed by atoms with Gasteiger partial charge < -0.3 is 10.2 Å². The smallest absolute Gasteiger partial charge is 0.871 e. The predicted molar refractivity (Wildman–Crippen MR) is 155 cm³/mol. The number of rotatable bonds is 6. The van der Waals surface area contributed by atoms with Gasteiger partial charge in [-0.3, -0.25) is 9.59 Å². The van der Waals surface area contributed by atoms with Gasteiger partial charge in [-0.05, 0) is 59.7 Å². The third kappa shape index (κ3) is 10.4. The molecular formula is C28H18Cl4MnN4O4. The van der Waals surface area contributed by atoms with Crippen LogP contribution in [0, 0.1) is 0 Å². The van der Waals surface area contributed by atoms with Gasteiger partial charge in [0.1, 0.15) is 0 Å². The predicted octanol–water partition coefficient (Wildman–Crippen LogP) is 5.66. The maximum atomic E-state index is 11.7. The fourth-order valence-corrected chi connectivity index (χ4v) is 4.00. The maximum Gasteiger partial charge on any atom is 2.00 e. The quantitative estimate of drug-likeness (QED) is 0.156. The van der Waals surface area contributed by atoms with Crippen molar-refractivity contribution in [2.45, 2.75) is 0 Å². The Morgan fingerprint density at radius 2 is 0.951 bits per heavy atom. The van der Waals surface area contributed by atoms with Gasteiger partial charge in [-0.1, -0.05) is 94.3 Å². The number of nitrogens with one attached hydrogen (secondary N) is 2. The van der Waals surface area contributed by atoms with Gasteiger partial charge in [0.15, 0.2) is 0 Å². The van der Waals surface area contributed by atoms with Gasteiger partial charge in [-0.25, -0.2) is 10.9 Å². The Labute approximate surface area is 266 Å². The van der Waals surface area contributed by atoms with Gasteiger partial charge in [-0.15, -0.1) is 0 Å². The Bertz CT molecular complexity index is 1440. The molecule has 0 unspecified atom stereocenters. The van der Waals surface area contributed by atoms with Crippen LogP contribution in [0.4, 0.5) is 0 Å². The molecule has 4 aromatic carbocycles. The van der Waals surface area contributed by atoms with Gasteiger partial charge >= 0.3 is 17.1 Å². The number of hydrogen-bond donors (Lipinski definition) is 2. The monoisotopic (exact) mass is 669 g/mol. The van der Waals surface area contributed by atoms with Crippen molar-refractivity contribution in [1.29, 1.82) is 0 Å². The second-order valence-corrected chi connectivity index (χ2v) is 9.43. The molecule has 0 saturated carbocycles. The largest absolute Gasteiger partial charge is 2.00 e. The average molecular weight is 671 g/mol. The molecule has 0 aromatic heterocycles. The topological polar surface area (TPSA) is 129 Å². The minimum absolute atomic E-state index is 0. The average Bonchev–Trinajstić information content (AvgIpc) is 2.95. The SMILES string of the molecule is O=C(N/N=C\c1cc(Cl)cc(Cl)c1[O-])c1ccccc1.O=C(N/N=C\c1cc(Cl)cc(Cl)c1[O-])c1ccccc1.[Mn+2]. The second kappa shape index (κ2) is 16.6. The third-order valence-corrected chi connectivity index (χ3v) is 5.88. The van der Waals surface area contributed by atoms with Crippen molar-refractivity contribution in [1.82, 2.24) is 10.9 Å². The minimum Gasteiger partial charge on any atom is -0.871 e. The van der Waals surface area contributed by atoms with Crippen LogP contribution in [0.3, 0.4) is 0 Å². The summed E-state index contributed by atoms with van der Waals surface area (Å²) in [4.78, 5) is 23.4. The molecule has 4 rings (SSSR count). The molecule has 0 aliphatic heterocycles. The molecular weight excluding hydrogens is 653 g/mol. The van der Waals surface area contributed by atoms with E-state index in [1.54, 1.807) is 60.7 Å². The Hall–Kier alpha value is -3.56. The van der Waals surface area contributed by atoms with Crippen LogP contribution in [0.2, 0.25) is 20.1 Å². The Morgan fingerprint density at radius 1 is 0.610 bits per heavy atom. The standard InChI is InChI=1S/2C14H10Cl2N2O2.Mn/c2*15-11-6-10(13(19)12(16)7-11)8-17-18-14(20)9-4-2-1-3-5-9;/h2*1-8,19H,(H,18,20);/q;;+2/p-2/b2*17-8-;. The van der Waals surface area contributed by atoms with E-state index in [1.807, 2.05) is 0 Å². The van der Waals surface area contributed by atoms with Gasteiger partial charge in [0.05, 0.1) is 12.4 Å². The second-order valence-electron chi connectivity index (χ2n) is 7.74. The molecule has 0 fully saturated rings. The summed E-state index contributed by atoms with van der Waals surface area (Å²) in [6.07, 6.45) is 2.42. The van der Waals surface area contributed by atoms with Crippen molar-refractivity contribution in [2.24, 2.45) is 10.2 Å². The molecule has 0 aliphatic rings. The van der Waals surface area contributed by atoms with E-state index in [-0.39, 0.29) is 50.1 Å². The third-order valence-electron chi connectivity index (χ3n) is 4.89. The molecule has 209 valence electrons. The molecule has 13 heteroatoms. The number of benzene rings is 4. The van der Waals surface area contributed by atoms with Crippen molar-refractivity contribution < 1.29 is 36.9 Å². The van der Waals surface area contributed by atoms with E-state index in [0.29, 0.717) is 21.2 Å². The van der Waals surface area contributed by atoms with Crippen molar-refractivity contribution in [3.8, 4) is 11.5 Å². The van der Waals surface area contributed by atoms with E-state index in [1.165, 1.54) is 36.7 Å². The summed E-state index contributed by atoms with van der Waals surface area (Å²) in [7, 11) is 0. The molecule has 8 nitrogen and oxygen atoms in total. The van der Waals surface area contributed by atoms with E-state index >= 15 is 0 Å². The molecule has 0 spiro atoms. The van der Waals surface area contributed by atoms with E-state index < -0.39 is 11.5 Å². The first-order valence-electron chi connectivity index (χ1n) is 11.2. The van der Waals surface area contributed by atoms with E-state index in [4.69, 9.17) is 46.4 Å². The number of carbonyl (C=O) groups is 2. The Morgan fingerprint density at radius 3 is 1.29 bits per heavy atom. The summed E-state index contributed by atoms with van der Waals surface area (Å²) in [6, 6.07) is 22.7. The van der Waals surface area contributed by atoms with Gasteiger partial charge in [-0.2, -0.15) is 10.2 Å². The summed E-state index contributed by atoms with van der Waals surface area (Å²) in [5.41, 5.74) is 5.98. The zero-order chi connectivity index (χ0) is 29.1. The first-order valence-corrected chi connectivity index (χ1v) is 12.8. The van der Waals surface area contributed by atoms with E-state index in [0.717, 1.165) is 0 Å². The van der Waals surface area contributed by atoms with Crippen molar-refractivity contribution >= 4 is 70.6 Å². The minimum atomic E-state index is -0.395. The first-order chi connectivity index (χ1) is 19.2. The van der Waals surface area contributed by atoms with Gasteiger partial charge in [0.2, 0.25) is 0 Å². The number of halogens is 4. The zero-order valence-corrected chi connectivity index (χ0v) is 24.9. The van der Waals surface area contributed by atoms with Crippen LogP contribution in [0.5, 0.6) is 11.5 Å². The van der Waals surface area contributed by atoms with Gasteiger partial charge in [0, 0.05) is 31.2 Å². The summed E-state index contributed by atoms with van der Waals surface area (Å²) >= 11 is 23.0. The molecule has 2 amide bonds. The molecule has 1 radical (unpaired) electrons. The van der Waals surface area contributed by atoms with Crippen molar-refractivity contribution in [2.75, 3.05) is 0 Å². The number of hydrogen-bond acceptors (Lipinski definition) is 6. The molecule has 0 bridgehead atoms. The molecule has 2 N–H and O–H groups in total. The molecule has 0 aliphatic carbocycles. The van der Waals surface area contributed by atoms with Crippen LogP contribution < -0.4 is 21.1 Å². The summed E-state index contributed by atoms with van der Waals surface area (Å²) in [5.74, 6) is -1.53. The van der Waals surface area contributed by atoms with Crippen LogP contribution in [0.1, 0.15) is 31.8 Å². The van der Waals surface area contributed by atoms with Crippen LogP contribution in [-0.4, -0.2) is 24.2 Å². The summed E-state index contributed by atoms with van der Waals surface area (Å²) in [5, 5.41) is 31.4. The van der Waals surface area contributed by atoms with Crippen molar-refractivity contribution in [3.05, 3.63) is 127 Å². The normalized spacial score (nSPS) is 10.4. The van der Waals surface area contributed by atoms with Gasteiger partial charge in [0.25, 0.3) is 11.8 Å². The Balaban J connectivity index is 0.000000280. The number of hydrazone groups is 2.